The molecular weight excluding hydrogens is 323 g/mol. The number of aryl methyl sites for hydroxylation is 1. The Morgan fingerprint density at radius 1 is 1.24 bits per heavy atom. The van der Waals surface area contributed by atoms with Crippen molar-refractivity contribution >= 4 is 5.69 Å². The van der Waals surface area contributed by atoms with Crippen molar-refractivity contribution in [1.82, 2.24) is 4.90 Å². The minimum Gasteiger partial charge on any atom is -1.00 e. The van der Waals surface area contributed by atoms with Crippen molar-refractivity contribution in [3.8, 4) is 0 Å². The highest BCUT2D eigenvalue weighted by atomic mass is 127. The van der Waals surface area contributed by atoms with Gasteiger partial charge in [0.05, 0.1) is 6.20 Å². The SMILES string of the molecule is Cc1ccccc1[NH+]1C=CN(C(C)C)[C@H]1C.[I-]. The molecule has 1 unspecified atom stereocenters. The van der Waals surface area contributed by atoms with Gasteiger partial charge in [0, 0.05) is 18.5 Å². The number of hydrogen-bond acceptors (Lipinski definition) is 1. The Balaban J connectivity index is 0.00000144. The highest BCUT2D eigenvalue weighted by Crippen LogP contribution is 2.13. The van der Waals surface area contributed by atoms with E-state index in [0.717, 1.165) is 0 Å². The second-order valence-corrected chi connectivity index (χ2v) is 4.80. The first kappa shape index (κ1) is 14.5. The summed E-state index contributed by atoms with van der Waals surface area (Å²) in [4.78, 5) is 3.84. The van der Waals surface area contributed by atoms with Gasteiger partial charge in [0.2, 0.25) is 0 Å². The lowest BCUT2D eigenvalue weighted by atomic mass is 10.2. The maximum Gasteiger partial charge on any atom is 0.169 e. The summed E-state index contributed by atoms with van der Waals surface area (Å²) in [5, 5.41) is 0. The normalized spacial score (nSPS) is 23.0. The average molecular weight is 344 g/mol. The summed E-state index contributed by atoms with van der Waals surface area (Å²) >= 11 is 0. The molecule has 2 rings (SSSR count). The van der Waals surface area contributed by atoms with Gasteiger partial charge in [-0.05, 0) is 26.8 Å². The van der Waals surface area contributed by atoms with Crippen molar-refractivity contribution in [2.75, 3.05) is 0 Å². The zero-order valence-corrected chi connectivity index (χ0v) is 13.1. The van der Waals surface area contributed by atoms with Crippen LogP contribution in [0.3, 0.4) is 0 Å². The number of nitrogens with one attached hydrogen (secondary N) is 1. The van der Waals surface area contributed by atoms with E-state index in [1.165, 1.54) is 16.2 Å². The zero-order chi connectivity index (χ0) is 11.7. The van der Waals surface area contributed by atoms with E-state index in [-0.39, 0.29) is 24.0 Å². The molecule has 0 amide bonds. The Kier molecular flexibility index (Phi) is 5.01. The Morgan fingerprint density at radius 2 is 1.88 bits per heavy atom. The first-order valence-electron chi connectivity index (χ1n) is 5.99. The van der Waals surface area contributed by atoms with Crippen molar-refractivity contribution in [3.05, 3.63) is 42.2 Å². The van der Waals surface area contributed by atoms with Crippen molar-refractivity contribution in [1.29, 1.82) is 0 Å². The lowest BCUT2D eigenvalue weighted by Crippen LogP contribution is -3.06. The molecule has 0 saturated carbocycles. The molecule has 1 heterocycles. The van der Waals surface area contributed by atoms with Crippen LogP contribution in [0, 0.1) is 6.92 Å². The molecule has 0 spiro atoms. The van der Waals surface area contributed by atoms with Crippen LogP contribution in [-0.4, -0.2) is 17.1 Å². The summed E-state index contributed by atoms with van der Waals surface area (Å²) in [5.41, 5.74) is 2.74. The molecule has 0 fully saturated rings. The van der Waals surface area contributed by atoms with E-state index in [9.17, 15) is 0 Å². The summed E-state index contributed by atoms with van der Waals surface area (Å²) in [6.07, 6.45) is 4.96. The van der Waals surface area contributed by atoms with Gasteiger partial charge in [0.15, 0.2) is 6.17 Å². The fourth-order valence-electron chi connectivity index (χ4n) is 2.43. The number of rotatable bonds is 2. The van der Waals surface area contributed by atoms with Crippen LogP contribution in [-0.2, 0) is 0 Å². The lowest BCUT2D eigenvalue weighted by Gasteiger charge is -2.28. The van der Waals surface area contributed by atoms with Crippen molar-refractivity contribution in [2.45, 2.75) is 39.9 Å². The van der Waals surface area contributed by atoms with Gasteiger partial charge in [-0.25, -0.2) is 0 Å². The Bertz CT molecular complexity index is 401. The van der Waals surface area contributed by atoms with Crippen LogP contribution >= 0.6 is 0 Å². The highest BCUT2D eigenvalue weighted by Gasteiger charge is 2.30. The van der Waals surface area contributed by atoms with Gasteiger partial charge in [0.25, 0.3) is 0 Å². The maximum atomic E-state index is 2.40. The molecule has 0 radical (unpaired) electrons. The molecule has 17 heavy (non-hydrogen) atoms. The minimum atomic E-state index is 0. The number of nitrogens with zero attached hydrogens (tertiary/aromatic N) is 1. The van der Waals surface area contributed by atoms with E-state index in [0.29, 0.717) is 12.2 Å². The third-order valence-corrected chi connectivity index (χ3v) is 3.38. The molecule has 1 aliphatic rings. The Labute approximate surface area is 121 Å². The average Bonchev–Trinajstić information content (AvgIpc) is 2.61. The summed E-state index contributed by atoms with van der Waals surface area (Å²) in [6, 6.07) is 9.18. The van der Waals surface area contributed by atoms with E-state index >= 15 is 0 Å². The lowest BCUT2D eigenvalue weighted by molar-refractivity contribution is -0.808. The summed E-state index contributed by atoms with van der Waals surface area (Å²) in [5.74, 6) is 0. The standard InChI is InChI=1S/C14H20N2.HI/c1-11(2)15-9-10-16(13(15)4)14-8-6-5-7-12(14)3;/h5-11,13H,1-4H3;1H/t13-;/m1./s1. The summed E-state index contributed by atoms with van der Waals surface area (Å²) < 4.78 is 0. The molecule has 2 nitrogen and oxygen atoms in total. The molecule has 2 atom stereocenters. The molecule has 1 aliphatic heterocycles. The number of quaternary nitrogens is 1. The van der Waals surface area contributed by atoms with Crippen molar-refractivity contribution in [3.63, 3.8) is 0 Å². The second kappa shape index (κ2) is 5.87. The third-order valence-electron chi connectivity index (χ3n) is 3.38. The predicted molar refractivity (Wildman–Crippen MR) is 67.4 cm³/mol. The molecule has 1 N–H and O–H groups in total. The zero-order valence-electron chi connectivity index (χ0n) is 10.9. The summed E-state index contributed by atoms with van der Waals surface area (Å²) in [7, 11) is 0. The van der Waals surface area contributed by atoms with Crippen LogP contribution in [0.4, 0.5) is 5.69 Å². The van der Waals surface area contributed by atoms with Gasteiger partial charge < -0.3 is 28.9 Å². The Hall–Kier alpha value is -0.550. The molecule has 1 aromatic carbocycles. The van der Waals surface area contributed by atoms with Gasteiger partial charge in [-0.15, -0.1) is 0 Å². The van der Waals surface area contributed by atoms with Crippen LogP contribution < -0.4 is 28.9 Å². The van der Waals surface area contributed by atoms with Crippen LogP contribution in [0.2, 0.25) is 0 Å². The molecule has 3 heteroatoms. The third kappa shape index (κ3) is 2.83. The van der Waals surface area contributed by atoms with Crippen LogP contribution in [0.5, 0.6) is 0 Å². The molecule has 0 bridgehead atoms. The molecule has 0 saturated heterocycles. The predicted octanol–water partition coefficient (Wildman–Crippen LogP) is -0.943. The fourth-order valence-corrected chi connectivity index (χ4v) is 2.43. The largest absolute Gasteiger partial charge is 1.00 e. The van der Waals surface area contributed by atoms with Crippen molar-refractivity contribution in [2.24, 2.45) is 0 Å². The first-order chi connectivity index (χ1) is 7.61. The van der Waals surface area contributed by atoms with Gasteiger partial charge in [-0.1, -0.05) is 18.2 Å². The monoisotopic (exact) mass is 344 g/mol. The second-order valence-electron chi connectivity index (χ2n) is 4.80. The van der Waals surface area contributed by atoms with E-state index < -0.39 is 0 Å². The highest BCUT2D eigenvalue weighted by molar-refractivity contribution is 5.38. The van der Waals surface area contributed by atoms with Crippen LogP contribution in [0.1, 0.15) is 26.3 Å². The number of halogens is 1. The summed E-state index contributed by atoms with van der Waals surface area (Å²) in [6.45, 7) is 8.94. The molecule has 94 valence electrons. The topological polar surface area (TPSA) is 7.68 Å². The quantitative estimate of drug-likeness (QED) is 0.681. The van der Waals surface area contributed by atoms with Crippen LogP contribution in [0.15, 0.2) is 36.7 Å². The van der Waals surface area contributed by atoms with Crippen LogP contribution in [0.25, 0.3) is 0 Å². The van der Waals surface area contributed by atoms with Gasteiger partial charge >= 0.3 is 0 Å². The first-order valence-corrected chi connectivity index (χ1v) is 5.99. The smallest absolute Gasteiger partial charge is 0.169 e. The van der Waals surface area contributed by atoms with E-state index in [1.807, 2.05) is 0 Å². The van der Waals surface area contributed by atoms with Gasteiger partial charge in [0.1, 0.15) is 11.9 Å². The van der Waals surface area contributed by atoms with E-state index in [4.69, 9.17) is 0 Å². The number of para-hydroxylation sites is 1. The molecule has 0 aromatic heterocycles. The number of benzene rings is 1. The minimum absolute atomic E-state index is 0. The van der Waals surface area contributed by atoms with Gasteiger partial charge in [-0.3, -0.25) is 4.90 Å². The molecule has 0 aliphatic carbocycles. The molecular formula is C14H21IN2. The van der Waals surface area contributed by atoms with E-state index in [2.05, 4.69) is 69.3 Å². The fraction of sp³-hybridized carbons (Fsp3) is 0.429. The van der Waals surface area contributed by atoms with E-state index in [1.54, 1.807) is 0 Å². The van der Waals surface area contributed by atoms with Gasteiger partial charge in [-0.2, -0.15) is 0 Å². The molecule has 1 aromatic rings. The Morgan fingerprint density at radius 3 is 2.41 bits per heavy atom. The maximum absolute atomic E-state index is 2.40. The number of hydrogen-bond donors (Lipinski definition) is 1. The van der Waals surface area contributed by atoms with Crippen molar-refractivity contribution < 1.29 is 28.9 Å².